The molecule has 4 rings (SSSR count). The van der Waals surface area contributed by atoms with Crippen molar-refractivity contribution in [2.24, 2.45) is 0 Å². The fourth-order valence-electron chi connectivity index (χ4n) is 3.55. The molecule has 1 aliphatic rings. The Kier molecular flexibility index (Phi) is 7.79. The normalized spacial score (nSPS) is 14.8. The van der Waals surface area contributed by atoms with Crippen LogP contribution >= 0.6 is 23.1 Å². The summed E-state index contributed by atoms with van der Waals surface area (Å²) in [5, 5.41) is 21.9. The number of hydrogen-bond acceptors (Lipinski definition) is 7. The number of benzene rings is 2. The number of amides is 3. The smallest absolute Gasteiger partial charge is 0.419 e. The number of hydrogen-bond donors (Lipinski definition) is 3. The third-order valence-electron chi connectivity index (χ3n) is 5.44. The SMILES string of the molecule is O=C(CCN1C(=O)SC(=Cc2cc(-c3ccc(F)c(C(F)(F)F)c3)cs2)C1=O)Nc1ccc(O)c(C(=O)O)c1. The number of thioether (sulfide) groups is 1. The maximum absolute atomic E-state index is 13.6. The van der Waals surface area contributed by atoms with E-state index in [-0.39, 0.29) is 29.1 Å². The number of halogens is 4. The monoisotopic (exact) mass is 580 g/mol. The van der Waals surface area contributed by atoms with Crippen LogP contribution < -0.4 is 5.32 Å². The number of aromatic hydroxyl groups is 1. The number of nitrogens with one attached hydrogen (secondary N) is 1. The minimum Gasteiger partial charge on any atom is -0.507 e. The maximum Gasteiger partial charge on any atom is 0.419 e. The van der Waals surface area contributed by atoms with Gasteiger partial charge in [-0.3, -0.25) is 19.3 Å². The van der Waals surface area contributed by atoms with E-state index in [2.05, 4.69) is 5.32 Å². The van der Waals surface area contributed by atoms with Crippen LogP contribution in [-0.2, 0) is 15.8 Å². The molecule has 0 bridgehead atoms. The van der Waals surface area contributed by atoms with E-state index in [1.807, 2.05) is 0 Å². The van der Waals surface area contributed by atoms with Crippen LogP contribution in [0.15, 0.2) is 52.7 Å². The van der Waals surface area contributed by atoms with Gasteiger partial charge < -0.3 is 15.5 Å². The summed E-state index contributed by atoms with van der Waals surface area (Å²) in [5.41, 5.74) is -1.22. The molecule has 1 fully saturated rings. The van der Waals surface area contributed by atoms with Gasteiger partial charge in [0, 0.05) is 23.5 Å². The molecular formula is C25H16F4N2O6S2. The summed E-state index contributed by atoms with van der Waals surface area (Å²) in [6, 6.07) is 7.57. The zero-order valence-electron chi connectivity index (χ0n) is 19.4. The number of aromatic carboxylic acids is 1. The van der Waals surface area contributed by atoms with Crippen molar-refractivity contribution in [3.63, 3.8) is 0 Å². The molecule has 3 aromatic rings. The summed E-state index contributed by atoms with van der Waals surface area (Å²) in [6.45, 7) is -0.261. The van der Waals surface area contributed by atoms with Crippen LogP contribution in [0, 0.1) is 5.82 Å². The Balaban J connectivity index is 1.41. The number of alkyl halides is 3. The van der Waals surface area contributed by atoms with Crippen molar-refractivity contribution in [1.29, 1.82) is 0 Å². The van der Waals surface area contributed by atoms with Crippen molar-refractivity contribution >= 4 is 57.9 Å². The molecule has 2 aromatic carbocycles. The summed E-state index contributed by atoms with van der Waals surface area (Å²) in [7, 11) is 0. The summed E-state index contributed by atoms with van der Waals surface area (Å²) >= 11 is 1.74. The first-order valence-corrected chi connectivity index (χ1v) is 12.6. The van der Waals surface area contributed by atoms with E-state index in [1.165, 1.54) is 29.7 Å². The zero-order valence-corrected chi connectivity index (χ0v) is 21.0. The molecule has 0 spiro atoms. The standard InChI is InChI=1S/C25H16F4N2O6S2/c26-18-3-1-12(8-17(18)25(27,28)29)13-7-15(38-11-13)10-20-22(34)31(24(37)39-20)6-5-21(33)30-14-2-4-19(32)16(9-14)23(35)36/h1-4,7-11,32H,5-6H2,(H,30,33)(H,35,36). The number of thiophene rings is 1. The molecule has 0 aliphatic carbocycles. The van der Waals surface area contributed by atoms with Crippen molar-refractivity contribution in [2.75, 3.05) is 11.9 Å². The van der Waals surface area contributed by atoms with E-state index in [1.54, 1.807) is 0 Å². The molecule has 1 aliphatic heterocycles. The van der Waals surface area contributed by atoms with Gasteiger partial charge in [0.2, 0.25) is 5.91 Å². The van der Waals surface area contributed by atoms with E-state index in [0.717, 1.165) is 34.4 Å². The molecule has 0 atom stereocenters. The van der Waals surface area contributed by atoms with Crippen molar-refractivity contribution in [3.8, 4) is 16.9 Å². The number of carbonyl (C=O) groups is 4. The summed E-state index contributed by atoms with van der Waals surface area (Å²) in [5.74, 6) is -4.54. The van der Waals surface area contributed by atoms with E-state index >= 15 is 0 Å². The number of carbonyl (C=O) groups excluding carboxylic acids is 3. The number of anilines is 1. The van der Waals surface area contributed by atoms with Crippen LogP contribution in [0.1, 0.15) is 27.2 Å². The second kappa shape index (κ2) is 10.9. The fourth-order valence-corrected chi connectivity index (χ4v) is 5.32. The molecule has 0 saturated carbocycles. The van der Waals surface area contributed by atoms with Gasteiger partial charge in [-0.1, -0.05) is 6.07 Å². The molecule has 1 saturated heterocycles. The minimum absolute atomic E-state index is 0.0496. The van der Waals surface area contributed by atoms with Gasteiger partial charge in [-0.25, -0.2) is 9.18 Å². The molecule has 14 heteroatoms. The quantitative estimate of drug-likeness (QED) is 0.177. The fraction of sp³-hybridized carbons (Fsp3) is 0.120. The van der Waals surface area contributed by atoms with Gasteiger partial charge in [-0.05, 0) is 70.7 Å². The Morgan fingerprint density at radius 1 is 1.05 bits per heavy atom. The molecule has 0 unspecified atom stereocenters. The third-order valence-corrected chi connectivity index (χ3v) is 7.23. The second-order valence-electron chi connectivity index (χ2n) is 8.10. The van der Waals surface area contributed by atoms with Gasteiger partial charge in [0.25, 0.3) is 11.1 Å². The molecule has 8 nitrogen and oxygen atoms in total. The largest absolute Gasteiger partial charge is 0.507 e. The van der Waals surface area contributed by atoms with Gasteiger partial charge in [0.05, 0.1) is 10.5 Å². The molecule has 39 heavy (non-hydrogen) atoms. The summed E-state index contributed by atoms with van der Waals surface area (Å²) in [4.78, 5) is 49.9. The minimum atomic E-state index is -4.86. The van der Waals surface area contributed by atoms with Crippen LogP contribution in [0.4, 0.5) is 28.0 Å². The highest BCUT2D eigenvalue weighted by Gasteiger charge is 2.36. The van der Waals surface area contributed by atoms with Crippen LogP contribution in [0.2, 0.25) is 0 Å². The molecule has 3 amide bonds. The summed E-state index contributed by atoms with van der Waals surface area (Å²) < 4.78 is 52.7. The van der Waals surface area contributed by atoms with E-state index in [0.29, 0.717) is 28.3 Å². The third kappa shape index (κ3) is 6.29. The number of carboxylic acids is 1. The van der Waals surface area contributed by atoms with Gasteiger partial charge in [-0.15, -0.1) is 11.3 Å². The molecular weight excluding hydrogens is 564 g/mol. The van der Waals surface area contributed by atoms with Crippen molar-refractivity contribution in [1.82, 2.24) is 4.90 Å². The van der Waals surface area contributed by atoms with E-state index in [9.17, 15) is 41.8 Å². The Hall–Kier alpha value is -4.17. The van der Waals surface area contributed by atoms with E-state index in [4.69, 9.17) is 5.11 Å². The summed E-state index contributed by atoms with van der Waals surface area (Å²) in [6.07, 6.45) is -3.75. The Bertz CT molecular complexity index is 1530. The lowest BCUT2D eigenvalue weighted by molar-refractivity contribution is -0.140. The van der Waals surface area contributed by atoms with Gasteiger partial charge in [-0.2, -0.15) is 13.2 Å². The highest BCUT2D eigenvalue weighted by Crippen LogP contribution is 2.37. The number of phenols is 1. The first kappa shape index (κ1) is 27.9. The topological polar surface area (TPSA) is 124 Å². The van der Waals surface area contributed by atoms with Crippen LogP contribution in [-0.4, -0.2) is 44.7 Å². The Morgan fingerprint density at radius 3 is 2.49 bits per heavy atom. The Labute approximate surface area is 225 Å². The lowest BCUT2D eigenvalue weighted by Crippen LogP contribution is -2.31. The van der Waals surface area contributed by atoms with Crippen molar-refractivity contribution in [3.05, 3.63) is 74.6 Å². The first-order valence-electron chi connectivity index (χ1n) is 10.9. The number of imide groups is 1. The van der Waals surface area contributed by atoms with Crippen LogP contribution in [0.3, 0.4) is 0 Å². The van der Waals surface area contributed by atoms with Gasteiger partial charge in [0.15, 0.2) is 0 Å². The highest BCUT2D eigenvalue weighted by atomic mass is 32.2. The number of carboxylic acid groups (broad SMARTS) is 1. The average Bonchev–Trinajstić information content (AvgIpc) is 3.42. The van der Waals surface area contributed by atoms with Crippen LogP contribution in [0.25, 0.3) is 17.2 Å². The molecule has 1 aromatic heterocycles. The van der Waals surface area contributed by atoms with Crippen molar-refractivity contribution in [2.45, 2.75) is 12.6 Å². The predicted molar refractivity (Wildman–Crippen MR) is 136 cm³/mol. The van der Waals surface area contributed by atoms with Gasteiger partial charge >= 0.3 is 12.1 Å². The van der Waals surface area contributed by atoms with Crippen molar-refractivity contribution < 1.29 is 47.0 Å². The lowest BCUT2D eigenvalue weighted by atomic mass is 10.0. The molecule has 3 N–H and O–H groups in total. The van der Waals surface area contributed by atoms with E-state index < -0.39 is 51.9 Å². The maximum atomic E-state index is 13.6. The number of rotatable bonds is 7. The molecule has 2 heterocycles. The average molecular weight is 581 g/mol. The molecule has 0 radical (unpaired) electrons. The second-order valence-corrected chi connectivity index (χ2v) is 10.0. The van der Waals surface area contributed by atoms with Gasteiger partial charge in [0.1, 0.15) is 17.1 Å². The Morgan fingerprint density at radius 2 is 1.79 bits per heavy atom. The first-order chi connectivity index (χ1) is 18.3. The highest BCUT2D eigenvalue weighted by molar-refractivity contribution is 8.18. The molecule has 202 valence electrons. The van der Waals surface area contributed by atoms with Crippen LogP contribution in [0.5, 0.6) is 5.75 Å². The number of nitrogens with zero attached hydrogens (tertiary/aromatic N) is 1. The lowest BCUT2D eigenvalue weighted by Gasteiger charge is -2.12. The zero-order chi connectivity index (χ0) is 28.5. The predicted octanol–water partition coefficient (Wildman–Crippen LogP) is 6.04.